The average molecular weight is 256 g/mol. The summed E-state index contributed by atoms with van der Waals surface area (Å²) in [5, 5.41) is 6.77. The number of nitrogens with two attached hydrogens (primary N) is 1. The van der Waals surface area contributed by atoms with Gasteiger partial charge in [0, 0.05) is 5.02 Å². The van der Waals surface area contributed by atoms with Crippen LogP contribution < -0.4 is 11.3 Å². The van der Waals surface area contributed by atoms with Crippen LogP contribution >= 0.6 is 11.6 Å². The van der Waals surface area contributed by atoms with E-state index in [0.29, 0.717) is 22.8 Å². The summed E-state index contributed by atoms with van der Waals surface area (Å²) in [6.45, 7) is 0. The van der Waals surface area contributed by atoms with Crippen LogP contribution in [0, 0.1) is 5.82 Å². The highest BCUT2D eigenvalue weighted by Crippen LogP contribution is 2.19. The summed E-state index contributed by atoms with van der Waals surface area (Å²) in [5.74, 6) is 5.60. The second-order valence-corrected chi connectivity index (χ2v) is 3.97. The lowest BCUT2D eigenvalue weighted by Gasteiger charge is -2.13. The van der Waals surface area contributed by atoms with Crippen molar-refractivity contribution in [3.8, 4) is 0 Å². The Kier molecular flexibility index (Phi) is 3.68. The van der Waals surface area contributed by atoms with Gasteiger partial charge in [-0.05, 0) is 24.1 Å². The first-order chi connectivity index (χ1) is 8.20. The lowest BCUT2D eigenvalue weighted by Crippen LogP contribution is -2.30. The number of benzene rings is 1. The van der Waals surface area contributed by atoms with Crippen molar-refractivity contribution in [3.05, 3.63) is 46.8 Å². The maximum absolute atomic E-state index is 13.6. The van der Waals surface area contributed by atoms with Gasteiger partial charge in [-0.2, -0.15) is 5.10 Å². The van der Waals surface area contributed by atoms with Crippen LogP contribution in [0.25, 0.3) is 0 Å². The lowest BCUT2D eigenvalue weighted by molar-refractivity contribution is 0.508. The third-order valence-corrected chi connectivity index (χ3v) is 2.64. The molecular formula is C10H11ClFN5. The van der Waals surface area contributed by atoms with Gasteiger partial charge in [-0.25, -0.2) is 14.8 Å². The third kappa shape index (κ3) is 2.79. The van der Waals surface area contributed by atoms with Crippen LogP contribution in [0.4, 0.5) is 4.39 Å². The maximum Gasteiger partial charge on any atom is 0.143 e. The van der Waals surface area contributed by atoms with Crippen molar-refractivity contribution < 1.29 is 4.39 Å². The first kappa shape index (κ1) is 12.0. The molecule has 0 radical (unpaired) electrons. The molecule has 0 aliphatic heterocycles. The number of hydrazine groups is 1. The van der Waals surface area contributed by atoms with Gasteiger partial charge in [-0.3, -0.25) is 10.9 Å². The summed E-state index contributed by atoms with van der Waals surface area (Å²) in [7, 11) is 0. The Bertz CT molecular complexity index is 487. The molecule has 2 aromatic rings. The molecule has 0 bridgehead atoms. The van der Waals surface area contributed by atoms with E-state index >= 15 is 0 Å². The molecule has 0 aliphatic carbocycles. The second-order valence-electron chi connectivity index (χ2n) is 3.53. The van der Waals surface area contributed by atoms with E-state index in [1.54, 1.807) is 12.1 Å². The van der Waals surface area contributed by atoms with Crippen LogP contribution in [-0.4, -0.2) is 15.2 Å². The molecule has 0 amide bonds. The predicted octanol–water partition coefficient (Wildman–Crippen LogP) is 1.34. The third-order valence-electron chi connectivity index (χ3n) is 2.40. The van der Waals surface area contributed by atoms with E-state index in [2.05, 4.69) is 20.6 Å². The number of aromatic amines is 1. The van der Waals surface area contributed by atoms with Gasteiger partial charge in [0.2, 0.25) is 0 Å². The molecule has 0 fully saturated rings. The molecule has 5 nitrogen and oxygen atoms in total. The van der Waals surface area contributed by atoms with Crippen molar-refractivity contribution in [2.75, 3.05) is 0 Å². The van der Waals surface area contributed by atoms with Crippen LogP contribution in [0.5, 0.6) is 0 Å². The van der Waals surface area contributed by atoms with Gasteiger partial charge in [0.25, 0.3) is 0 Å². The van der Waals surface area contributed by atoms with Crippen molar-refractivity contribution in [1.82, 2.24) is 20.6 Å². The quantitative estimate of drug-likeness (QED) is 0.569. The Morgan fingerprint density at radius 2 is 2.35 bits per heavy atom. The fourth-order valence-electron chi connectivity index (χ4n) is 1.52. The molecule has 1 aromatic carbocycles. The molecule has 4 N–H and O–H groups in total. The van der Waals surface area contributed by atoms with Gasteiger partial charge in [0.15, 0.2) is 0 Å². The Labute approximate surface area is 102 Å². The zero-order valence-corrected chi connectivity index (χ0v) is 9.58. The largest absolute Gasteiger partial charge is 0.271 e. The average Bonchev–Trinajstić information content (AvgIpc) is 2.81. The number of rotatable bonds is 4. The monoisotopic (exact) mass is 255 g/mol. The van der Waals surface area contributed by atoms with Crippen LogP contribution in [0.2, 0.25) is 5.02 Å². The molecule has 1 unspecified atom stereocenters. The van der Waals surface area contributed by atoms with Gasteiger partial charge < -0.3 is 0 Å². The Morgan fingerprint density at radius 1 is 1.53 bits per heavy atom. The maximum atomic E-state index is 13.6. The molecule has 17 heavy (non-hydrogen) atoms. The SMILES string of the molecule is NNC(Cc1ccc(Cl)cc1F)c1ncn[nH]1. The van der Waals surface area contributed by atoms with E-state index in [1.165, 1.54) is 12.4 Å². The van der Waals surface area contributed by atoms with Crippen molar-refractivity contribution in [3.63, 3.8) is 0 Å². The Morgan fingerprint density at radius 3 is 2.94 bits per heavy atom. The standard InChI is InChI=1S/C10H11ClFN5/c11-7-2-1-6(8(12)4-7)3-9(16-13)10-14-5-15-17-10/h1-2,4-5,9,16H,3,13H2,(H,14,15,17). The molecule has 1 atom stereocenters. The molecule has 0 saturated heterocycles. The summed E-state index contributed by atoms with van der Waals surface area (Å²) in [6, 6.07) is 4.20. The fourth-order valence-corrected chi connectivity index (χ4v) is 1.68. The van der Waals surface area contributed by atoms with Crippen molar-refractivity contribution in [2.24, 2.45) is 5.84 Å². The van der Waals surface area contributed by atoms with E-state index in [1.807, 2.05) is 0 Å². The second kappa shape index (κ2) is 5.22. The van der Waals surface area contributed by atoms with Crippen LogP contribution in [0.1, 0.15) is 17.4 Å². The van der Waals surface area contributed by atoms with E-state index in [4.69, 9.17) is 17.4 Å². The number of nitrogens with one attached hydrogen (secondary N) is 2. The molecular weight excluding hydrogens is 245 g/mol. The molecule has 1 heterocycles. The van der Waals surface area contributed by atoms with E-state index in [9.17, 15) is 4.39 Å². The number of hydrogen-bond donors (Lipinski definition) is 3. The van der Waals surface area contributed by atoms with E-state index < -0.39 is 0 Å². The Balaban J connectivity index is 2.19. The summed E-state index contributed by atoms with van der Waals surface area (Å²) in [4.78, 5) is 3.97. The minimum absolute atomic E-state index is 0.326. The summed E-state index contributed by atoms with van der Waals surface area (Å²) in [6.07, 6.45) is 1.73. The molecule has 0 spiro atoms. The van der Waals surface area contributed by atoms with Gasteiger partial charge >= 0.3 is 0 Å². The van der Waals surface area contributed by atoms with E-state index in [0.717, 1.165) is 0 Å². The number of H-pyrrole nitrogens is 1. The normalized spacial score (nSPS) is 12.6. The first-order valence-corrected chi connectivity index (χ1v) is 5.34. The van der Waals surface area contributed by atoms with E-state index in [-0.39, 0.29) is 11.9 Å². The van der Waals surface area contributed by atoms with Gasteiger partial charge in [-0.1, -0.05) is 17.7 Å². The minimum Gasteiger partial charge on any atom is -0.271 e. The van der Waals surface area contributed by atoms with Crippen molar-refractivity contribution in [2.45, 2.75) is 12.5 Å². The first-order valence-electron chi connectivity index (χ1n) is 4.96. The Hall–Kier alpha value is -1.50. The highest BCUT2D eigenvalue weighted by molar-refractivity contribution is 6.30. The van der Waals surface area contributed by atoms with Crippen LogP contribution in [0.3, 0.4) is 0 Å². The summed E-state index contributed by atoms with van der Waals surface area (Å²) in [5.41, 5.74) is 3.07. The highest BCUT2D eigenvalue weighted by atomic mass is 35.5. The molecule has 1 aromatic heterocycles. The van der Waals surface area contributed by atoms with Gasteiger partial charge in [0.05, 0.1) is 6.04 Å². The lowest BCUT2D eigenvalue weighted by atomic mass is 10.1. The van der Waals surface area contributed by atoms with Crippen molar-refractivity contribution >= 4 is 11.6 Å². The molecule has 2 rings (SSSR count). The number of halogens is 2. The fraction of sp³-hybridized carbons (Fsp3) is 0.200. The number of aromatic nitrogens is 3. The number of nitrogens with zero attached hydrogens (tertiary/aromatic N) is 2. The van der Waals surface area contributed by atoms with Crippen LogP contribution in [0.15, 0.2) is 24.5 Å². The van der Waals surface area contributed by atoms with Gasteiger partial charge in [0.1, 0.15) is 18.0 Å². The molecule has 0 aliphatic rings. The topological polar surface area (TPSA) is 79.6 Å². The smallest absolute Gasteiger partial charge is 0.143 e. The highest BCUT2D eigenvalue weighted by Gasteiger charge is 2.15. The van der Waals surface area contributed by atoms with Crippen molar-refractivity contribution in [1.29, 1.82) is 0 Å². The predicted molar refractivity (Wildman–Crippen MR) is 61.6 cm³/mol. The van der Waals surface area contributed by atoms with Gasteiger partial charge in [-0.15, -0.1) is 0 Å². The zero-order valence-electron chi connectivity index (χ0n) is 8.82. The number of hydrogen-bond acceptors (Lipinski definition) is 4. The summed E-state index contributed by atoms with van der Waals surface area (Å²) >= 11 is 5.68. The molecule has 7 heteroatoms. The molecule has 0 saturated carbocycles. The minimum atomic E-state index is -0.364. The molecule has 90 valence electrons. The summed E-state index contributed by atoms with van der Waals surface area (Å²) < 4.78 is 13.6. The van der Waals surface area contributed by atoms with Crippen LogP contribution in [-0.2, 0) is 6.42 Å². The zero-order chi connectivity index (χ0) is 12.3.